The van der Waals surface area contributed by atoms with Crippen LogP contribution in [0.4, 0.5) is 5.82 Å². The fourth-order valence-electron chi connectivity index (χ4n) is 3.16. The first-order chi connectivity index (χ1) is 14.0. The first kappa shape index (κ1) is 18.5. The van der Waals surface area contributed by atoms with Gasteiger partial charge in [-0.15, -0.1) is 0 Å². The molecule has 0 spiro atoms. The zero-order chi connectivity index (χ0) is 20.5. The van der Waals surface area contributed by atoms with Crippen LogP contribution in [-0.4, -0.2) is 44.4 Å². The van der Waals surface area contributed by atoms with Gasteiger partial charge in [-0.1, -0.05) is 0 Å². The molecule has 0 radical (unpaired) electrons. The predicted molar refractivity (Wildman–Crippen MR) is 108 cm³/mol. The minimum absolute atomic E-state index is 0.283. The summed E-state index contributed by atoms with van der Waals surface area (Å²) in [6.07, 6.45) is 4.99. The van der Waals surface area contributed by atoms with Gasteiger partial charge in [-0.2, -0.15) is 5.10 Å². The van der Waals surface area contributed by atoms with Crippen LogP contribution in [0.25, 0.3) is 33.4 Å². The molecular formula is C20H20N6O3. The van der Waals surface area contributed by atoms with E-state index in [1.165, 1.54) is 13.3 Å². The van der Waals surface area contributed by atoms with Gasteiger partial charge in [-0.05, 0) is 25.1 Å². The van der Waals surface area contributed by atoms with Gasteiger partial charge in [0, 0.05) is 36.6 Å². The Balaban J connectivity index is 1.91. The van der Waals surface area contributed by atoms with Crippen LogP contribution in [0.5, 0.6) is 5.88 Å². The number of ether oxygens (including phenoxy) is 2. The highest BCUT2D eigenvalue weighted by Crippen LogP contribution is 2.35. The van der Waals surface area contributed by atoms with Crippen molar-refractivity contribution >= 4 is 22.7 Å². The van der Waals surface area contributed by atoms with Crippen LogP contribution in [0, 0.1) is 0 Å². The summed E-state index contributed by atoms with van der Waals surface area (Å²) >= 11 is 0. The number of anilines is 1. The smallest absolute Gasteiger partial charge is 0.340 e. The number of hydrogen-bond donors (Lipinski definition) is 2. The van der Waals surface area contributed by atoms with E-state index in [1.54, 1.807) is 10.9 Å². The molecule has 0 amide bonds. The van der Waals surface area contributed by atoms with Crippen molar-refractivity contribution in [3.8, 4) is 28.4 Å². The number of aryl methyl sites for hydroxylation is 1. The largest absolute Gasteiger partial charge is 0.477 e. The molecule has 0 aliphatic rings. The fraction of sp³-hybridized carbons (Fsp3) is 0.200. The van der Waals surface area contributed by atoms with E-state index in [1.807, 2.05) is 38.4 Å². The number of hydrogen-bond acceptors (Lipinski definition) is 7. The third kappa shape index (κ3) is 3.27. The van der Waals surface area contributed by atoms with E-state index >= 15 is 0 Å². The number of fused-ring (bicyclic) bond motifs is 1. The molecule has 9 heteroatoms. The maximum absolute atomic E-state index is 12.1. The number of aromatic nitrogens is 5. The first-order valence-corrected chi connectivity index (χ1v) is 9.00. The van der Waals surface area contributed by atoms with E-state index in [0.29, 0.717) is 34.6 Å². The van der Waals surface area contributed by atoms with E-state index in [4.69, 9.17) is 15.2 Å². The molecule has 0 saturated heterocycles. The zero-order valence-corrected chi connectivity index (χ0v) is 16.3. The van der Waals surface area contributed by atoms with E-state index in [-0.39, 0.29) is 5.82 Å². The molecule has 0 aliphatic carbocycles. The van der Waals surface area contributed by atoms with E-state index in [9.17, 15) is 4.79 Å². The highest BCUT2D eigenvalue weighted by molar-refractivity contribution is 6.07. The molecule has 0 fully saturated rings. The Hall–Kier alpha value is -3.88. The minimum atomic E-state index is -0.488. The van der Waals surface area contributed by atoms with Crippen molar-refractivity contribution in [2.75, 3.05) is 19.5 Å². The highest BCUT2D eigenvalue weighted by Gasteiger charge is 2.19. The lowest BCUT2D eigenvalue weighted by Gasteiger charge is -2.09. The van der Waals surface area contributed by atoms with Crippen LogP contribution in [0.15, 0.2) is 36.8 Å². The summed E-state index contributed by atoms with van der Waals surface area (Å²) in [4.78, 5) is 23.9. The third-order valence-corrected chi connectivity index (χ3v) is 4.53. The van der Waals surface area contributed by atoms with Gasteiger partial charge in [0.2, 0.25) is 5.88 Å². The number of methoxy groups -OCH3 is 1. The Bertz CT molecular complexity index is 1210. The third-order valence-electron chi connectivity index (χ3n) is 4.53. The number of aromatic amines is 1. The average Bonchev–Trinajstić information content (AvgIpc) is 3.35. The number of H-pyrrole nitrogens is 1. The quantitative estimate of drug-likeness (QED) is 0.501. The summed E-state index contributed by atoms with van der Waals surface area (Å²) in [6, 6.07) is 5.66. The molecule has 0 bridgehead atoms. The molecule has 9 nitrogen and oxygen atoms in total. The maximum Gasteiger partial charge on any atom is 0.340 e. The molecule has 148 valence electrons. The molecule has 0 saturated carbocycles. The predicted octanol–water partition coefficient (Wildman–Crippen LogP) is 2.79. The summed E-state index contributed by atoms with van der Waals surface area (Å²) in [5.41, 5.74) is 9.94. The second-order valence-electron chi connectivity index (χ2n) is 6.40. The van der Waals surface area contributed by atoms with Crippen LogP contribution < -0.4 is 10.5 Å². The van der Waals surface area contributed by atoms with Gasteiger partial charge >= 0.3 is 5.97 Å². The van der Waals surface area contributed by atoms with Crippen molar-refractivity contribution in [3.63, 3.8) is 0 Å². The Kier molecular flexibility index (Phi) is 4.63. The monoisotopic (exact) mass is 392 g/mol. The molecular weight excluding hydrogens is 372 g/mol. The molecule has 4 heterocycles. The Morgan fingerprint density at radius 1 is 1.28 bits per heavy atom. The second kappa shape index (κ2) is 7.27. The van der Waals surface area contributed by atoms with Gasteiger partial charge in [0.1, 0.15) is 5.82 Å². The number of esters is 1. The van der Waals surface area contributed by atoms with Gasteiger partial charge in [-0.3, -0.25) is 4.68 Å². The van der Waals surface area contributed by atoms with Crippen LogP contribution in [0.3, 0.4) is 0 Å². The fourth-order valence-corrected chi connectivity index (χ4v) is 3.16. The van der Waals surface area contributed by atoms with Crippen LogP contribution in [0.2, 0.25) is 0 Å². The van der Waals surface area contributed by atoms with Gasteiger partial charge < -0.3 is 20.2 Å². The normalized spacial score (nSPS) is 11.0. The van der Waals surface area contributed by atoms with E-state index < -0.39 is 5.97 Å². The van der Waals surface area contributed by atoms with Crippen molar-refractivity contribution in [3.05, 3.63) is 42.4 Å². The van der Waals surface area contributed by atoms with Gasteiger partial charge in [0.15, 0.2) is 0 Å². The number of pyridine rings is 2. The summed E-state index contributed by atoms with van der Waals surface area (Å²) in [6.45, 7) is 2.35. The Labute approximate surface area is 166 Å². The standard InChI is InChI=1S/C20H20N6O3/c1-4-29-19-13(7-11(9-23-19)15-5-6-26(2)25-15)16-8-12-14(20(27)28-3)10-22-18(21)17(12)24-16/h5-10,24H,4H2,1-3H3,(H2,21,22). The Morgan fingerprint density at radius 3 is 2.79 bits per heavy atom. The lowest BCUT2D eigenvalue weighted by atomic mass is 10.1. The van der Waals surface area contributed by atoms with Gasteiger partial charge in [-0.25, -0.2) is 14.8 Å². The van der Waals surface area contributed by atoms with E-state index in [2.05, 4.69) is 20.1 Å². The number of nitrogen functional groups attached to an aromatic ring is 1. The molecule has 0 unspecified atom stereocenters. The van der Waals surface area contributed by atoms with Crippen molar-refractivity contribution < 1.29 is 14.3 Å². The summed E-state index contributed by atoms with van der Waals surface area (Å²) in [5.74, 6) is 0.258. The van der Waals surface area contributed by atoms with Crippen LogP contribution in [0.1, 0.15) is 17.3 Å². The highest BCUT2D eigenvalue weighted by atomic mass is 16.5. The molecule has 4 aromatic rings. The van der Waals surface area contributed by atoms with Crippen LogP contribution in [-0.2, 0) is 11.8 Å². The molecule has 4 aromatic heterocycles. The number of nitrogens with zero attached hydrogens (tertiary/aromatic N) is 4. The average molecular weight is 392 g/mol. The molecule has 29 heavy (non-hydrogen) atoms. The number of carbonyl (C=O) groups excluding carboxylic acids is 1. The van der Waals surface area contributed by atoms with Crippen molar-refractivity contribution in [2.45, 2.75) is 6.92 Å². The topological polar surface area (TPSA) is 121 Å². The van der Waals surface area contributed by atoms with Gasteiger partial charge in [0.05, 0.1) is 41.7 Å². The number of nitrogens with two attached hydrogens (primary N) is 1. The Morgan fingerprint density at radius 2 is 2.10 bits per heavy atom. The first-order valence-electron chi connectivity index (χ1n) is 9.00. The van der Waals surface area contributed by atoms with E-state index in [0.717, 1.165) is 16.8 Å². The number of nitrogens with one attached hydrogen (secondary N) is 1. The summed E-state index contributed by atoms with van der Waals surface area (Å²) < 4.78 is 12.3. The van der Waals surface area contributed by atoms with Crippen molar-refractivity contribution in [2.24, 2.45) is 7.05 Å². The molecule has 0 atom stereocenters. The lowest BCUT2D eigenvalue weighted by Crippen LogP contribution is -2.03. The van der Waals surface area contributed by atoms with Crippen LogP contribution >= 0.6 is 0 Å². The maximum atomic E-state index is 12.1. The lowest BCUT2D eigenvalue weighted by molar-refractivity contribution is 0.0602. The second-order valence-corrected chi connectivity index (χ2v) is 6.40. The molecule has 0 aliphatic heterocycles. The number of carbonyl (C=O) groups is 1. The summed E-state index contributed by atoms with van der Waals surface area (Å²) in [7, 11) is 3.18. The molecule has 0 aromatic carbocycles. The molecule has 4 rings (SSSR count). The zero-order valence-electron chi connectivity index (χ0n) is 16.3. The number of rotatable bonds is 5. The SMILES string of the molecule is CCOc1ncc(-c2ccn(C)n2)cc1-c1cc2c(C(=O)OC)cnc(N)c2[nH]1. The van der Waals surface area contributed by atoms with Crippen molar-refractivity contribution in [1.29, 1.82) is 0 Å². The molecule has 3 N–H and O–H groups in total. The minimum Gasteiger partial charge on any atom is -0.477 e. The van der Waals surface area contributed by atoms with Crippen molar-refractivity contribution in [1.82, 2.24) is 24.7 Å². The van der Waals surface area contributed by atoms with Gasteiger partial charge in [0.25, 0.3) is 0 Å². The summed E-state index contributed by atoms with van der Waals surface area (Å²) in [5, 5.41) is 5.05.